The third-order valence-corrected chi connectivity index (χ3v) is 5.09. The van der Waals surface area contributed by atoms with Gasteiger partial charge in [-0.2, -0.15) is 0 Å². The minimum Gasteiger partial charge on any atom is -0.493 e. The number of benzene rings is 1. The highest BCUT2D eigenvalue weighted by Crippen LogP contribution is 2.26. The first-order valence-electron chi connectivity index (χ1n) is 9.26. The van der Waals surface area contributed by atoms with Crippen molar-refractivity contribution >= 4 is 11.9 Å². The third-order valence-electron chi connectivity index (χ3n) is 5.09. The van der Waals surface area contributed by atoms with Crippen molar-refractivity contribution in [3.05, 3.63) is 28.8 Å². The summed E-state index contributed by atoms with van der Waals surface area (Å²) in [5, 5.41) is 11.9. The normalized spacial score (nSPS) is 19.1. The van der Waals surface area contributed by atoms with Gasteiger partial charge in [0.15, 0.2) is 0 Å². The molecule has 0 atom stereocenters. The maximum Gasteiger partial charge on any atom is 0.317 e. The Labute approximate surface area is 155 Å². The van der Waals surface area contributed by atoms with Gasteiger partial charge in [0, 0.05) is 12.1 Å². The van der Waals surface area contributed by atoms with Gasteiger partial charge in [0.05, 0.1) is 19.6 Å². The highest BCUT2D eigenvalue weighted by Gasteiger charge is 2.34. The summed E-state index contributed by atoms with van der Waals surface area (Å²) in [5.41, 5.74) is 3.44. The number of nitrogens with one attached hydrogen (secondary N) is 1. The molecule has 1 aliphatic rings. The van der Waals surface area contributed by atoms with E-state index in [0.717, 1.165) is 29.7 Å². The molecule has 0 saturated heterocycles. The van der Waals surface area contributed by atoms with Crippen molar-refractivity contribution in [3.63, 3.8) is 0 Å². The van der Waals surface area contributed by atoms with Gasteiger partial charge in [-0.25, -0.2) is 0 Å². The Bertz CT molecular complexity index is 653. The molecule has 1 fully saturated rings. The van der Waals surface area contributed by atoms with Gasteiger partial charge in [-0.1, -0.05) is 13.0 Å². The molecule has 1 aromatic rings. The Balaban J connectivity index is 1.70. The van der Waals surface area contributed by atoms with E-state index in [1.165, 1.54) is 5.56 Å². The summed E-state index contributed by atoms with van der Waals surface area (Å²) in [6, 6.07) is 4.50. The average molecular weight is 362 g/mol. The zero-order valence-electron chi connectivity index (χ0n) is 16.2. The first kappa shape index (κ1) is 20.2. The molecule has 0 unspecified atom stereocenters. The Morgan fingerprint density at radius 2 is 1.96 bits per heavy atom. The lowest BCUT2D eigenvalue weighted by molar-refractivity contribution is -0.139. The van der Waals surface area contributed by atoms with Crippen LogP contribution in [0.25, 0.3) is 0 Å². The number of rotatable bonds is 9. The van der Waals surface area contributed by atoms with Crippen molar-refractivity contribution in [1.29, 1.82) is 0 Å². The topological polar surface area (TPSA) is 78.9 Å². The van der Waals surface area contributed by atoms with Crippen LogP contribution in [0, 0.1) is 20.8 Å². The van der Waals surface area contributed by atoms with Crippen LogP contribution in [0.4, 0.5) is 0 Å². The first-order chi connectivity index (χ1) is 12.3. The zero-order valence-corrected chi connectivity index (χ0v) is 16.2. The molecule has 0 bridgehead atoms. The highest BCUT2D eigenvalue weighted by atomic mass is 16.5. The zero-order chi connectivity index (χ0) is 19.3. The minimum atomic E-state index is -0.807. The lowest BCUT2D eigenvalue weighted by Gasteiger charge is -2.42. The van der Waals surface area contributed by atoms with Crippen LogP contribution < -0.4 is 10.1 Å². The van der Waals surface area contributed by atoms with Crippen LogP contribution in [0.15, 0.2) is 12.1 Å². The number of carbonyl (C=O) groups is 2. The second-order valence-electron chi connectivity index (χ2n) is 7.15. The van der Waals surface area contributed by atoms with Gasteiger partial charge in [-0.3, -0.25) is 14.5 Å². The van der Waals surface area contributed by atoms with E-state index in [9.17, 15) is 9.59 Å². The number of carboxylic acid groups (broad SMARTS) is 1. The predicted octanol–water partition coefficient (Wildman–Crippen LogP) is 2.43. The quantitative estimate of drug-likeness (QED) is 0.705. The van der Waals surface area contributed by atoms with Crippen LogP contribution in [0.5, 0.6) is 5.75 Å². The molecule has 2 rings (SSSR count). The number of hydrogen-bond acceptors (Lipinski definition) is 4. The lowest BCUT2D eigenvalue weighted by Crippen LogP contribution is -2.54. The summed E-state index contributed by atoms with van der Waals surface area (Å²) < 4.78 is 5.79. The number of ether oxygens (including phenoxy) is 1. The SMILES string of the molecule is CCN(CC(=O)O)C1CC(NC(=O)CCOc2cc(C)cc(C)c2C)C1. The fourth-order valence-electron chi connectivity index (χ4n) is 3.38. The van der Waals surface area contributed by atoms with E-state index in [1.54, 1.807) is 0 Å². The van der Waals surface area contributed by atoms with Crippen LogP contribution in [-0.2, 0) is 9.59 Å². The summed E-state index contributed by atoms with van der Waals surface area (Å²) in [6.07, 6.45) is 1.94. The average Bonchev–Trinajstić information content (AvgIpc) is 2.52. The van der Waals surface area contributed by atoms with Gasteiger partial charge in [0.2, 0.25) is 5.91 Å². The van der Waals surface area contributed by atoms with E-state index < -0.39 is 5.97 Å². The van der Waals surface area contributed by atoms with E-state index >= 15 is 0 Å². The number of likely N-dealkylation sites (N-methyl/N-ethyl adjacent to an activating group) is 1. The van der Waals surface area contributed by atoms with E-state index in [2.05, 4.69) is 18.3 Å². The van der Waals surface area contributed by atoms with Crippen LogP contribution >= 0.6 is 0 Å². The molecule has 1 aliphatic carbocycles. The summed E-state index contributed by atoms with van der Waals surface area (Å²) in [6.45, 7) is 9.19. The minimum absolute atomic E-state index is 0.0169. The third kappa shape index (κ3) is 5.46. The molecule has 1 aromatic carbocycles. The molecule has 0 spiro atoms. The van der Waals surface area contributed by atoms with Gasteiger partial charge >= 0.3 is 5.97 Å². The second-order valence-corrected chi connectivity index (χ2v) is 7.15. The van der Waals surface area contributed by atoms with E-state index in [-0.39, 0.29) is 24.5 Å². The molecule has 0 aliphatic heterocycles. The van der Waals surface area contributed by atoms with Gasteiger partial charge in [0.25, 0.3) is 0 Å². The van der Waals surface area contributed by atoms with Crippen LogP contribution in [-0.4, -0.2) is 53.7 Å². The van der Waals surface area contributed by atoms with Gasteiger partial charge < -0.3 is 15.2 Å². The molecule has 1 amide bonds. The Hall–Kier alpha value is -2.08. The van der Waals surface area contributed by atoms with Crippen LogP contribution in [0.2, 0.25) is 0 Å². The molecule has 0 heterocycles. The fraction of sp³-hybridized carbons (Fsp3) is 0.600. The summed E-state index contributed by atoms with van der Waals surface area (Å²) in [4.78, 5) is 24.9. The van der Waals surface area contributed by atoms with E-state index in [4.69, 9.17) is 9.84 Å². The van der Waals surface area contributed by atoms with Crippen molar-refractivity contribution in [3.8, 4) is 5.75 Å². The first-order valence-corrected chi connectivity index (χ1v) is 9.26. The standard InChI is InChI=1S/C20H30N2O4/c1-5-22(12-20(24)25)17-10-16(11-17)21-19(23)6-7-26-18-9-13(2)8-14(3)15(18)4/h8-9,16-17H,5-7,10-12H2,1-4H3,(H,21,23)(H,24,25). The van der Waals surface area contributed by atoms with E-state index in [0.29, 0.717) is 19.6 Å². The summed E-state index contributed by atoms with van der Waals surface area (Å²) in [7, 11) is 0. The van der Waals surface area contributed by atoms with Gasteiger partial charge in [-0.15, -0.1) is 0 Å². The predicted molar refractivity (Wildman–Crippen MR) is 101 cm³/mol. The van der Waals surface area contributed by atoms with Gasteiger partial charge in [0.1, 0.15) is 5.75 Å². The Morgan fingerprint density at radius 1 is 1.27 bits per heavy atom. The van der Waals surface area contributed by atoms with Crippen LogP contribution in [0.3, 0.4) is 0 Å². The Morgan fingerprint density at radius 3 is 2.58 bits per heavy atom. The molecule has 26 heavy (non-hydrogen) atoms. The van der Waals surface area contributed by atoms with Crippen molar-refractivity contribution in [2.24, 2.45) is 0 Å². The van der Waals surface area contributed by atoms with Crippen molar-refractivity contribution in [1.82, 2.24) is 10.2 Å². The Kier molecular flexibility index (Phi) is 7.03. The molecule has 2 N–H and O–H groups in total. The lowest BCUT2D eigenvalue weighted by atomic mass is 9.85. The summed E-state index contributed by atoms with van der Waals surface area (Å²) in [5.74, 6) is 0.0150. The smallest absolute Gasteiger partial charge is 0.317 e. The summed E-state index contributed by atoms with van der Waals surface area (Å²) >= 11 is 0. The molecule has 6 nitrogen and oxygen atoms in total. The van der Waals surface area contributed by atoms with Gasteiger partial charge in [-0.05, 0) is 62.9 Å². The number of carboxylic acids is 1. The highest BCUT2D eigenvalue weighted by molar-refractivity contribution is 5.76. The van der Waals surface area contributed by atoms with Crippen molar-refractivity contribution in [2.75, 3.05) is 19.7 Å². The molecule has 0 radical (unpaired) electrons. The molecule has 0 aromatic heterocycles. The molecular weight excluding hydrogens is 332 g/mol. The number of amides is 1. The number of aliphatic carboxylic acids is 1. The van der Waals surface area contributed by atoms with Crippen molar-refractivity contribution < 1.29 is 19.4 Å². The molecule has 6 heteroatoms. The van der Waals surface area contributed by atoms with E-state index in [1.807, 2.05) is 31.7 Å². The maximum atomic E-state index is 12.1. The number of carbonyl (C=O) groups excluding carboxylic acids is 1. The fourth-order valence-corrected chi connectivity index (χ4v) is 3.38. The monoisotopic (exact) mass is 362 g/mol. The number of hydrogen-bond donors (Lipinski definition) is 2. The maximum absolute atomic E-state index is 12.1. The van der Waals surface area contributed by atoms with Crippen LogP contribution in [0.1, 0.15) is 42.9 Å². The number of aryl methyl sites for hydroxylation is 2. The molecule has 144 valence electrons. The molecular formula is C20H30N2O4. The largest absolute Gasteiger partial charge is 0.493 e. The second kappa shape index (κ2) is 9.03. The van der Waals surface area contributed by atoms with Crippen molar-refractivity contribution in [2.45, 2.75) is 59.0 Å². The molecule has 1 saturated carbocycles. The number of nitrogens with zero attached hydrogens (tertiary/aromatic N) is 1.